The Hall–Kier alpha value is -2.35. The highest BCUT2D eigenvalue weighted by molar-refractivity contribution is 5.94. The number of carbonyl (C=O) groups is 1. The Balaban J connectivity index is 2.21. The van der Waals surface area contributed by atoms with Crippen LogP contribution in [-0.4, -0.2) is 17.6 Å². The summed E-state index contributed by atoms with van der Waals surface area (Å²) in [7, 11) is 0. The van der Waals surface area contributed by atoms with Gasteiger partial charge in [0.1, 0.15) is 16.9 Å². The van der Waals surface area contributed by atoms with Gasteiger partial charge in [0, 0.05) is 6.07 Å². The third kappa shape index (κ3) is 2.96. The summed E-state index contributed by atoms with van der Waals surface area (Å²) >= 11 is 0. The molecule has 1 aromatic heterocycles. The minimum Gasteiger partial charge on any atom is -0.466 e. The third-order valence-corrected chi connectivity index (χ3v) is 2.98. The van der Waals surface area contributed by atoms with E-state index in [-0.39, 0.29) is 11.8 Å². The fraction of sp³-hybridized carbons (Fsp3) is 0.214. The number of aliphatic hydroxyl groups is 1. The van der Waals surface area contributed by atoms with E-state index in [2.05, 4.69) is 0 Å². The standard InChI is InChI=1S/C14H11F4NO3/c1-14(21,9-3-2-4-22-9)6-19-13(20)10-11(17)7(15)5-8(16)12(10)18/h2-5,21H,6H2,1H3,(H,19,20). The topological polar surface area (TPSA) is 62.5 Å². The molecule has 0 bridgehead atoms. The molecule has 22 heavy (non-hydrogen) atoms. The van der Waals surface area contributed by atoms with Crippen molar-refractivity contribution in [1.29, 1.82) is 0 Å². The second kappa shape index (κ2) is 5.80. The summed E-state index contributed by atoms with van der Waals surface area (Å²) in [6.07, 6.45) is 1.28. The van der Waals surface area contributed by atoms with E-state index in [4.69, 9.17) is 4.42 Å². The second-order valence-electron chi connectivity index (χ2n) is 4.78. The lowest BCUT2D eigenvalue weighted by Crippen LogP contribution is -2.39. The molecule has 1 heterocycles. The number of hydrogen-bond donors (Lipinski definition) is 2. The molecule has 8 heteroatoms. The molecule has 0 saturated heterocycles. The number of benzene rings is 1. The van der Waals surface area contributed by atoms with Crippen molar-refractivity contribution in [2.45, 2.75) is 12.5 Å². The van der Waals surface area contributed by atoms with Crippen LogP contribution in [0.25, 0.3) is 0 Å². The van der Waals surface area contributed by atoms with Crippen molar-refractivity contribution in [1.82, 2.24) is 5.32 Å². The molecule has 0 fully saturated rings. The van der Waals surface area contributed by atoms with Crippen LogP contribution in [0, 0.1) is 23.3 Å². The molecule has 0 radical (unpaired) electrons. The Labute approximate surface area is 122 Å². The first-order chi connectivity index (χ1) is 10.2. The van der Waals surface area contributed by atoms with Crippen molar-refractivity contribution >= 4 is 5.91 Å². The van der Waals surface area contributed by atoms with Gasteiger partial charge in [-0.05, 0) is 19.1 Å². The lowest BCUT2D eigenvalue weighted by Gasteiger charge is -2.21. The minimum absolute atomic E-state index is 0.000452. The SMILES string of the molecule is CC(O)(CNC(=O)c1c(F)c(F)cc(F)c1F)c1ccco1. The quantitative estimate of drug-likeness (QED) is 0.673. The Morgan fingerprint density at radius 2 is 1.86 bits per heavy atom. The second-order valence-corrected chi connectivity index (χ2v) is 4.78. The zero-order valence-corrected chi connectivity index (χ0v) is 11.3. The summed E-state index contributed by atoms with van der Waals surface area (Å²) < 4.78 is 58.0. The van der Waals surface area contributed by atoms with Crippen LogP contribution in [0.5, 0.6) is 0 Å². The van der Waals surface area contributed by atoms with Gasteiger partial charge in [-0.15, -0.1) is 0 Å². The number of carbonyl (C=O) groups excluding carboxylic acids is 1. The molecule has 2 aromatic rings. The number of hydrogen-bond acceptors (Lipinski definition) is 3. The smallest absolute Gasteiger partial charge is 0.257 e. The first-order valence-corrected chi connectivity index (χ1v) is 6.11. The molecular formula is C14H11F4NO3. The fourth-order valence-electron chi connectivity index (χ4n) is 1.79. The van der Waals surface area contributed by atoms with Gasteiger partial charge in [-0.2, -0.15) is 0 Å². The Morgan fingerprint density at radius 1 is 1.27 bits per heavy atom. The van der Waals surface area contributed by atoms with Crippen molar-refractivity contribution in [3.63, 3.8) is 0 Å². The van der Waals surface area contributed by atoms with Crippen molar-refractivity contribution < 1.29 is 31.9 Å². The predicted molar refractivity (Wildman–Crippen MR) is 66.9 cm³/mol. The van der Waals surface area contributed by atoms with Gasteiger partial charge in [-0.25, -0.2) is 17.6 Å². The van der Waals surface area contributed by atoms with Crippen LogP contribution in [0.2, 0.25) is 0 Å². The normalized spacial score (nSPS) is 13.7. The van der Waals surface area contributed by atoms with Gasteiger partial charge in [0.2, 0.25) is 0 Å². The van der Waals surface area contributed by atoms with Gasteiger partial charge >= 0.3 is 0 Å². The van der Waals surface area contributed by atoms with Crippen LogP contribution in [0.3, 0.4) is 0 Å². The van der Waals surface area contributed by atoms with E-state index < -0.39 is 46.9 Å². The lowest BCUT2D eigenvalue weighted by atomic mass is 10.0. The van der Waals surface area contributed by atoms with Gasteiger partial charge < -0.3 is 14.8 Å². The van der Waals surface area contributed by atoms with E-state index >= 15 is 0 Å². The molecule has 2 rings (SSSR count). The Morgan fingerprint density at radius 3 is 2.36 bits per heavy atom. The maximum Gasteiger partial charge on any atom is 0.257 e. The van der Waals surface area contributed by atoms with Gasteiger partial charge in [-0.1, -0.05) is 0 Å². The van der Waals surface area contributed by atoms with Crippen LogP contribution in [-0.2, 0) is 5.60 Å². The first-order valence-electron chi connectivity index (χ1n) is 6.11. The minimum atomic E-state index is -1.81. The molecular weight excluding hydrogens is 306 g/mol. The van der Waals surface area contributed by atoms with Gasteiger partial charge in [-0.3, -0.25) is 4.79 Å². The number of rotatable bonds is 4. The summed E-state index contributed by atoms with van der Waals surface area (Å²) in [4.78, 5) is 11.7. The van der Waals surface area contributed by atoms with Crippen molar-refractivity contribution in [2.24, 2.45) is 0 Å². The third-order valence-electron chi connectivity index (χ3n) is 2.98. The van der Waals surface area contributed by atoms with Crippen molar-refractivity contribution in [2.75, 3.05) is 6.54 Å². The molecule has 118 valence electrons. The number of amides is 1. The van der Waals surface area contributed by atoms with E-state index in [1.807, 2.05) is 5.32 Å². The van der Waals surface area contributed by atoms with Gasteiger partial charge in [0.15, 0.2) is 23.3 Å². The van der Waals surface area contributed by atoms with Crippen molar-refractivity contribution in [3.05, 3.63) is 59.1 Å². The molecule has 0 aliphatic rings. The lowest BCUT2D eigenvalue weighted by molar-refractivity contribution is 0.0328. The monoisotopic (exact) mass is 317 g/mol. The molecule has 1 amide bonds. The van der Waals surface area contributed by atoms with Crippen LogP contribution >= 0.6 is 0 Å². The maximum absolute atomic E-state index is 13.5. The molecule has 1 unspecified atom stereocenters. The van der Waals surface area contributed by atoms with Crippen LogP contribution in [0.1, 0.15) is 23.0 Å². The highest BCUT2D eigenvalue weighted by Crippen LogP contribution is 2.22. The summed E-state index contributed by atoms with van der Waals surface area (Å²) in [5.41, 5.74) is -3.06. The molecule has 2 N–H and O–H groups in total. The largest absolute Gasteiger partial charge is 0.466 e. The van der Waals surface area contributed by atoms with Gasteiger partial charge in [0.05, 0.1) is 12.8 Å². The average Bonchev–Trinajstić information content (AvgIpc) is 2.98. The van der Waals surface area contributed by atoms with E-state index in [0.29, 0.717) is 0 Å². The van der Waals surface area contributed by atoms with E-state index in [9.17, 15) is 27.5 Å². The number of furan rings is 1. The maximum atomic E-state index is 13.5. The molecule has 4 nitrogen and oxygen atoms in total. The number of nitrogens with one attached hydrogen (secondary N) is 1. The van der Waals surface area contributed by atoms with Gasteiger partial charge in [0.25, 0.3) is 5.91 Å². The van der Waals surface area contributed by atoms with E-state index in [1.165, 1.54) is 25.3 Å². The van der Waals surface area contributed by atoms with Crippen LogP contribution < -0.4 is 5.32 Å². The molecule has 0 aliphatic carbocycles. The van der Waals surface area contributed by atoms with E-state index in [1.54, 1.807) is 0 Å². The zero-order valence-electron chi connectivity index (χ0n) is 11.3. The van der Waals surface area contributed by atoms with E-state index in [0.717, 1.165) is 0 Å². The predicted octanol–water partition coefficient (Wildman–Crippen LogP) is 2.47. The molecule has 1 aromatic carbocycles. The summed E-state index contributed by atoms with van der Waals surface area (Å²) in [6, 6.07) is 2.92. The highest BCUT2D eigenvalue weighted by atomic mass is 19.2. The summed E-state index contributed by atoms with van der Waals surface area (Å²) in [6.45, 7) is 0.793. The van der Waals surface area contributed by atoms with Crippen LogP contribution in [0.15, 0.2) is 28.9 Å². The zero-order chi connectivity index (χ0) is 16.5. The van der Waals surface area contributed by atoms with Crippen LogP contribution in [0.4, 0.5) is 17.6 Å². The van der Waals surface area contributed by atoms with Crippen molar-refractivity contribution in [3.8, 4) is 0 Å². The summed E-state index contributed by atoms with van der Waals surface area (Å²) in [5, 5.41) is 12.1. The molecule has 0 spiro atoms. The average molecular weight is 317 g/mol. The molecule has 0 saturated carbocycles. The molecule has 1 atom stereocenters. The fourth-order valence-corrected chi connectivity index (χ4v) is 1.79. The summed E-state index contributed by atoms with van der Waals surface area (Å²) in [5.74, 6) is -8.31. The number of halogens is 4. The highest BCUT2D eigenvalue weighted by Gasteiger charge is 2.30. The Kier molecular flexibility index (Phi) is 4.23. The molecule has 0 aliphatic heterocycles. The Bertz CT molecular complexity index is 672. The first kappa shape index (κ1) is 16.0.